The molecule has 22 heavy (non-hydrogen) atoms. The molecule has 5 nitrogen and oxygen atoms in total. The highest BCUT2D eigenvalue weighted by molar-refractivity contribution is 6.03. The van der Waals surface area contributed by atoms with Crippen LogP contribution in [-0.2, 0) is 14.4 Å². The highest BCUT2D eigenvalue weighted by Gasteiger charge is 2.44. The molecular weight excluding hydrogens is 280 g/mol. The maximum atomic E-state index is 12.3. The van der Waals surface area contributed by atoms with E-state index in [1.165, 1.54) is 4.90 Å². The molecule has 0 bridgehead atoms. The van der Waals surface area contributed by atoms with Crippen molar-refractivity contribution in [2.75, 3.05) is 19.6 Å². The van der Waals surface area contributed by atoms with E-state index >= 15 is 0 Å². The standard InChI is InChI=1S/C17H28N2O3/c1-12-7-9-18(11-12)14(20)6-5-8-19-15(21)10-13(16(19)22)17(2,3)4/h12-13H,5-11H2,1-4H3/t12-,13?/m1/s1. The number of nitrogens with zero attached hydrogens (tertiary/aromatic N) is 2. The summed E-state index contributed by atoms with van der Waals surface area (Å²) in [5, 5.41) is 0. The van der Waals surface area contributed by atoms with Crippen molar-refractivity contribution in [1.82, 2.24) is 9.80 Å². The average molecular weight is 308 g/mol. The van der Waals surface area contributed by atoms with Crippen molar-refractivity contribution in [3.8, 4) is 0 Å². The first-order chi connectivity index (χ1) is 10.2. The minimum Gasteiger partial charge on any atom is -0.342 e. The van der Waals surface area contributed by atoms with Crippen molar-refractivity contribution in [1.29, 1.82) is 0 Å². The molecule has 5 heteroatoms. The molecule has 2 fully saturated rings. The summed E-state index contributed by atoms with van der Waals surface area (Å²) >= 11 is 0. The summed E-state index contributed by atoms with van der Waals surface area (Å²) in [6.45, 7) is 10.2. The molecule has 0 saturated carbocycles. The highest BCUT2D eigenvalue weighted by atomic mass is 16.2. The van der Waals surface area contributed by atoms with Gasteiger partial charge in [-0.25, -0.2) is 0 Å². The van der Waals surface area contributed by atoms with Gasteiger partial charge in [-0.3, -0.25) is 19.3 Å². The zero-order chi connectivity index (χ0) is 16.5. The van der Waals surface area contributed by atoms with Crippen LogP contribution in [0.4, 0.5) is 0 Å². The Hall–Kier alpha value is -1.39. The Labute approximate surface area is 133 Å². The molecule has 124 valence electrons. The Kier molecular flexibility index (Phi) is 4.93. The fourth-order valence-corrected chi connectivity index (χ4v) is 3.30. The van der Waals surface area contributed by atoms with Crippen molar-refractivity contribution in [2.45, 2.75) is 53.4 Å². The Morgan fingerprint density at radius 1 is 1.27 bits per heavy atom. The van der Waals surface area contributed by atoms with E-state index in [0.717, 1.165) is 19.5 Å². The van der Waals surface area contributed by atoms with E-state index in [-0.39, 0.29) is 29.1 Å². The van der Waals surface area contributed by atoms with Crippen LogP contribution in [-0.4, -0.2) is 47.2 Å². The molecule has 0 radical (unpaired) electrons. The Morgan fingerprint density at radius 3 is 2.45 bits per heavy atom. The third-order valence-corrected chi connectivity index (χ3v) is 4.84. The minimum atomic E-state index is -0.227. The molecule has 3 amide bonds. The van der Waals surface area contributed by atoms with Gasteiger partial charge in [0.2, 0.25) is 17.7 Å². The third kappa shape index (κ3) is 3.68. The highest BCUT2D eigenvalue weighted by Crippen LogP contribution is 2.35. The van der Waals surface area contributed by atoms with Gasteiger partial charge in [0.05, 0.1) is 5.92 Å². The van der Waals surface area contributed by atoms with E-state index in [2.05, 4.69) is 6.92 Å². The molecule has 0 aromatic heterocycles. The summed E-state index contributed by atoms with van der Waals surface area (Å²) in [6, 6.07) is 0. The van der Waals surface area contributed by atoms with Gasteiger partial charge in [0.1, 0.15) is 0 Å². The zero-order valence-electron chi connectivity index (χ0n) is 14.2. The summed E-state index contributed by atoms with van der Waals surface area (Å²) in [4.78, 5) is 39.7. The van der Waals surface area contributed by atoms with Crippen molar-refractivity contribution in [3.63, 3.8) is 0 Å². The number of hydrogen-bond donors (Lipinski definition) is 0. The van der Waals surface area contributed by atoms with Gasteiger partial charge >= 0.3 is 0 Å². The predicted octanol–water partition coefficient (Wildman–Crippen LogP) is 2.06. The van der Waals surface area contributed by atoms with Crippen LogP contribution >= 0.6 is 0 Å². The second-order valence-corrected chi connectivity index (χ2v) is 7.84. The first kappa shape index (κ1) is 17.0. The van der Waals surface area contributed by atoms with E-state index in [1.54, 1.807) is 0 Å². The summed E-state index contributed by atoms with van der Waals surface area (Å²) in [7, 11) is 0. The predicted molar refractivity (Wildman–Crippen MR) is 83.9 cm³/mol. The Balaban J connectivity index is 1.81. The van der Waals surface area contributed by atoms with Crippen molar-refractivity contribution >= 4 is 17.7 Å². The number of carbonyl (C=O) groups is 3. The normalized spacial score (nSPS) is 26.2. The number of likely N-dealkylation sites (tertiary alicyclic amines) is 2. The molecule has 0 aromatic rings. The molecule has 2 atom stereocenters. The smallest absolute Gasteiger partial charge is 0.233 e. The minimum absolute atomic E-state index is 0.0697. The first-order valence-corrected chi connectivity index (χ1v) is 8.32. The fourth-order valence-electron chi connectivity index (χ4n) is 3.30. The van der Waals surface area contributed by atoms with Crippen LogP contribution in [0.3, 0.4) is 0 Å². The quantitative estimate of drug-likeness (QED) is 0.747. The van der Waals surface area contributed by atoms with Crippen LogP contribution in [0, 0.1) is 17.3 Å². The molecule has 2 rings (SSSR count). The summed E-state index contributed by atoms with van der Waals surface area (Å²) in [5.74, 6) is 0.344. The lowest BCUT2D eigenvalue weighted by Crippen LogP contribution is -2.35. The molecular formula is C17H28N2O3. The van der Waals surface area contributed by atoms with Gasteiger partial charge in [-0.2, -0.15) is 0 Å². The van der Waals surface area contributed by atoms with E-state index in [9.17, 15) is 14.4 Å². The van der Waals surface area contributed by atoms with Gasteiger partial charge < -0.3 is 4.90 Å². The van der Waals surface area contributed by atoms with Gasteiger partial charge in [0.15, 0.2) is 0 Å². The summed E-state index contributed by atoms with van der Waals surface area (Å²) in [5.41, 5.74) is -0.191. The number of hydrogen-bond acceptors (Lipinski definition) is 3. The number of imide groups is 1. The van der Waals surface area contributed by atoms with Crippen LogP contribution < -0.4 is 0 Å². The van der Waals surface area contributed by atoms with Crippen molar-refractivity contribution in [3.05, 3.63) is 0 Å². The van der Waals surface area contributed by atoms with Crippen LogP contribution in [0.25, 0.3) is 0 Å². The molecule has 2 aliphatic heterocycles. The Bertz CT molecular complexity index is 467. The molecule has 2 aliphatic rings. The Morgan fingerprint density at radius 2 is 1.95 bits per heavy atom. The van der Waals surface area contributed by atoms with Crippen LogP contribution in [0.1, 0.15) is 53.4 Å². The lowest BCUT2D eigenvalue weighted by molar-refractivity contribution is -0.141. The molecule has 2 saturated heterocycles. The van der Waals surface area contributed by atoms with Gasteiger partial charge in [-0.05, 0) is 24.2 Å². The molecule has 0 aliphatic carbocycles. The molecule has 1 unspecified atom stereocenters. The maximum Gasteiger partial charge on any atom is 0.233 e. The molecule has 0 spiro atoms. The topological polar surface area (TPSA) is 57.7 Å². The SMILES string of the molecule is C[C@@H]1CCN(C(=O)CCCN2C(=O)CC(C(C)(C)C)C2=O)C1. The average Bonchev–Trinajstić information content (AvgIpc) is 2.95. The number of rotatable bonds is 4. The second kappa shape index (κ2) is 6.39. The summed E-state index contributed by atoms with van der Waals surface area (Å²) in [6.07, 6.45) is 2.37. The van der Waals surface area contributed by atoms with Crippen molar-refractivity contribution < 1.29 is 14.4 Å². The van der Waals surface area contributed by atoms with E-state index in [0.29, 0.717) is 31.7 Å². The third-order valence-electron chi connectivity index (χ3n) is 4.84. The van der Waals surface area contributed by atoms with Gasteiger partial charge in [0.25, 0.3) is 0 Å². The van der Waals surface area contributed by atoms with Crippen molar-refractivity contribution in [2.24, 2.45) is 17.3 Å². The first-order valence-electron chi connectivity index (χ1n) is 8.32. The van der Waals surface area contributed by atoms with Gasteiger partial charge in [-0.1, -0.05) is 27.7 Å². The van der Waals surface area contributed by atoms with E-state index < -0.39 is 0 Å². The fraction of sp³-hybridized carbons (Fsp3) is 0.824. The molecule has 0 aromatic carbocycles. The van der Waals surface area contributed by atoms with Gasteiger partial charge in [-0.15, -0.1) is 0 Å². The number of amides is 3. The van der Waals surface area contributed by atoms with E-state index in [4.69, 9.17) is 0 Å². The molecule has 2 heterocycles. The lowest BCUT2D eigenvalue weighted by Gasteiger charge is -2.25. The van der Waals surface area contributed by atoms with Crippen LogP contribution in [0.15, 0.2) is 0 Å². The second-order valence-electron chi connectivity index (χ2n) is 7.84. The largest absolute Gasteiger partial charge is 0.342 e. The zero-order valence-corrected chi connectivity index (χ0v) is 14.2. The maximum absolute atomic E-state index is 12.3. The lowest BCUT2D eigenvalue weighted by atomic mass is 9.80. The monoisotopic (exact) mass is 308 g/mol. The van der Waals surface area contributed by atoms with Crippen LogP contribution in [0.5, 0.6) is 0 Å². The van der Waals surface area contributed by atoms with Gasteiger partial charge in [0, 0.05) is 32.5 Å². The van der Waals surface area contributed by atoms with E-state index in [1.807, 2.05) is 25.7 Å². The summed E-state index contributed by atoms with van der Waals surface area (Å²) < 4.78 is 0. The number of carbonyl (C=O) groups excluding carboxylic acids is 3. The molecule has 0 N–H and O–H groups in total. The van der Waals surface area contributed by atoms with Crippen LogP contribution in [0.2, 0.25) is 0 Å².